The van der Waals surface area contributed by atoms with Gasteiger partial charge in [0.15, 0.2) is 0 Å². The molecule has 0 radical (unpaired) electrons. The summed E-state index contributed by atoms with van der Waals surface area (Å²) in [4.78, 5) is 40.0. The van der Waals surface area contributed by atoms with Crippen LogP contribution in [0.25, 0.3) is 0 Å². The van der Waals surface area contributed by atoms with E-state index in [-0.39, 0.29) is 29.6 Å². The maximum atomic E-state index is 13.0. The number of nitrogens with zero attached hydrogens (tertiary/aromatic N) is 1. The van der Waals surface area contributed by atoms with Crippen LogP contribution in [0, 0.1) is 18.8 Å². The van der Waals surface area contributed by atoms with Crippen molar-refractivity contribution in [3.63, 3.8) is 0 Å². The first-order valence-corrected chi connectivity index (χ1v) is 13.0. The zero-order chi connectivity index (χ0) is 27.0. The Bertz CT molecular complexity index is 1420. The van der Waals surface area contributed by atoms with Gasteiger partial charge in [0.25, 0.3) is 5.91 Å². The first kappa shape index (κ1) is 25.5. The SMILES string of the molecule is CC1=CC[C@@H]2C(=O)N(c3ccc(C(=O)Nc4ccc(Oc5cc(C)ccc5C(C)C)cc4)cc3)C(=O)[C@H]2C1. The second-order valence-electron chi connectivity index (χ2n) is 10.5. The fourth-order valence-electron chi connectivity index (χ4n) is 5.20. The van der Waals surface area contributed by atoms with Crippen LogP contribution in [0.1, 0.15) is 61.0 Å². The Labute approximate surface area is 223 Å². The van der Waals surface area contributed by atoms with Crippen molar-refractivity contribution in [2.24, 2.45) is 11.8 Å². The summed E-state index contributed by atoms with van der Waals surface area (Å²) >= 11 is 0. The molecule has 3 aromatic rings. The highest BCUT2D eigenvalue weighted by molar-refractivity contribution is 6.22. The van der Waals surface area contributed by atoms with Crippen LogP contribution in [-0.4, -0.2) is 17.7 Å². The molecule has 3 aromatic carbocycles. The Hall–Kier alpha value is -4.19. The Morgan fingerprint density at radius 1 is 0.921 bits per heavy atom. The first-order chi connectivity index (χ1) is 18.2. The lowest BCUT2D eigenvalue weighted by Crippen LogP contribution is -2.30. The lowest BCUT2D eigenvalue weighted by molar-refractivity contribution is -0.122. The summed E-state index contributed by atoms with van der Waals surface area (Å²) in [6.45, 7) is 8.30. The number of hydrogen-bond acceptors (Lipinski definition) is 4. The van der Waals surface area contributed by atoms with Gasteiger partial charge in [0.1, 0.15) is 11.5 Å². The Balaban J connectivity index is 1.24. The van der Waals surface area contributed by atoms with Gasteiger partial charge in [0.2, 0.25) is 11.8 Å². The number of allylic oxidation sites excluding steroid dienone is 2. The highest BCUT2D eigenvalue weighted by atomic mass is 16.5. The number of imide groups is 1. The van der Waals surface area contributed by atoms with E-state index in [1.165, 1.54) is 4.90 Å². The summed E-state index contributed by atoms with van der Waals surface area (Å²) in [7, 11) is 0. The van der Waals surface area contributed by atoms with Gasteiger partial charge in [-0.2, -0.15) is 0 Å². The van der Waals surface area contributed by atoms with E-state index < -0.39 is 0 Å². The molecule has 2 aliphatic rings. The summed E-state index contributed by atoms with van der Waals surface area (Å²) in [6.07, 6.45) is 3.28. The second-order valence-corrected chi connectivity index (χ2v) is 10.5. The molecule has 5 rings (SSSR count). The molecule has 6 nitrogen and oxygen atoms in total. The number of anilines is 2. The van der Waals surface area contributed by atoms with Crippen LogP contribution in [0.5, 0.6) is 11.5 Å². The second kappa shape index (κ2) is 10.3. The zero-order valence-electron chi connectivity index (χ0n) is 22.2. The van der Waals surface area contributed by atoms with Gasteiger partial charge in [-0.15, -0.1) is 0 Å². The molecule has 0 bridgehead atoms. The van der Waals surface area contributed by atoms with Gasteiger partial charge in [0, 0.05) is 11.3 Å². The molecule has 1 saturated heterocycles. The van der Waals surface area contributed by atoms with Gasteiger partial charge >= 0.3 is 0 Å². The van der Waals surface area contributed by atoms with E-state index in [0.29, 0.717) is 41.4 Å². The Morgan fingerprint density at radius 3 is 2.29 bits per heavy atom. The van der Waals surface area contributed by atoms with Gasteiger partial charge in [-0.3, -0.25) is 19.3 Å². The topological polar surface area (TPSA) is 75.7 Å². The molecule has 194 valence electrons. The van der Waals surface area contributed by atoms with Gasteiger partial charge in [-0.1, -0.05) is 37.6 Å². The quantitative estimate of drug-likeness (QED) is 0.287. The zero-order valence-corrected chi connectivity index (χ0v) is 22.2. The average Bonchev–Trinajstić information content (AvgIpc) is 3.14. The number of fused-ring (bicyclic) bond motifs is 1. The van der Waals surface area contributed by atoms with Crippen LogP contribution in [0.15, 0.2) is 78.4 Å². The van der Waals surface area contributed by atoms with Crippen LogP contribution in [0.2, 0.25) is 0 Å². The molecule has 2 atom stereocenters. The standard InChI is InChI=1S/C32H32N2O4/c1-19(2)26-15-5-21(4)18-29(26)38-25-13-9-23(10-14-25)33-30(35)22-7-11-24(12-8-22)34-31(36)27-16-6-20(3)17-28(27)32(34)37/h5-15,18-19,27-28H,16-17H2,1-4H3,(H,33,35)/t27-,28-/m0/s1. The molecule has 1 aliphatic carbocycles. The van der Waals surface area contributed by atoms with Crippen LogP contribution in [0.4, 0.5) is 11.4 Å². The molecule has 1 N–H and O–H groups in total. The third-order valence-corrected chi connectivity index (χ3v) is 7.34. The van der Waals surface area contributed by atoms with Crippen molar-refractivity contribution in [2.75, 3.05) is 10.2 Å². The van der Waals surface area contributed by atoms with Crippen molar-refractivity contribution in [1.29, 1.82) is 0 Å². The van der Waals surface area contributed by atoms with Crippen molar-refractivity contribution in [3.8, 4) is 11.5 Å². The van der Waals surface area contributed by atoms with Crippen molar-refractivity contribution < 1.29 is 19.1 Å². The summed E-state index contributed by atoms with van der Waals surface area (Å²) in [5.74, 6) is 0.686. The summed E-state index contributed by atoms with van der Waals surface area (Å²) < 4.78 is 6.14. The normalized spacial score (nSPS) is 18.9. The summed E-state index contributed by atoms with van der Waals surface area (Å²) in [5, 5.41) is 2.89. The largest absolute Gasteiger partial charge is 0.457 e. The van der Waals surface area contributed by atoms with E-state index in [1.807, 2.05) is 38.1 Å². The minimum absolute atomic E-state index is 0.155. The molecule has 6 heteroatoms. The third kappa shape index (κ3) is 4.99. The van der Waals surface area contributed by atoms with E-state index in [9.17, 15) is 14.4 Å². The average molecular weight is 509 g/mol. The van der Waals surface area contributed by atoms with Crippen LogP contribution < -0.4 is 15.0 Å². The number of aryl methyl sites for hydroxylation is 1. The molecule has 3 amide bonds. The number of hydrogen-bond donors (Lipinski definition) is 1. The van der Waals surface area contributed by atoms with Crippen LogP contribution in [-0.2, 0) is 9.59 Å². The molecular formula is C32H32N2O4. The van der Waals surface area contributed by atoms with E-state index in [2.05, 4.69) is 31.3 Å². The molecular weight excluding hydrogens is 476 g/mol. The van der Waals surface area contributed by atoms with E-state index >= 15 is 0 Å². The molecule has 1 aliphatic heterocycles. The van der Waals surface area contributed by atoms with E-state index in [4.69, 9.17) is 4.74 Å². The van der Waals surface area contributed by atoms with Crippen molar-refractivity contribution in [2.45, 2.75) is 46.5 Å². The molecule has 1 heterocycles. The van der Waals surface area contributed by atoms with Crippen molar-refractivity contribution >= 4 is 29.1 Å². The Kier molecular flexibility index (Phi) is 6.89. The van der Waals surface area contributed by atoms with E-state index in [0.717, 1.165) is 22.4 Å². The highest BCUT2D eigenvalue weighted by Gasteiger charge is 2.48. The third-order valence-electron chi connectivity index (χ3n) is 7.34. The minimum atomic E-state index is -0.288. The van der Waals surface area contributed by atoms with Crippen molar-refractivity contribution in [3.05, 3.63) is 95.1 Å². The number of carbonyl (C=O) groups is 3. The fourth-order valence-corrected chi connectivity index (χ4v) is 5.20. The van der Waals surface area contributed by atoms with Crippen molar-refractivity contribution in [1.82, 2.24) is 0 Å². The van der Waals surface area contributed by atoms with Crippen LogP contribution >= 0.6 is 0 Å². The monoisotopic (exact) mass is 508 g/mol. The van der Waals surface area contributed by atoms with Gasteiger partial charge in [-0.05, 0) is 98.3 Å². The predicted octanol–water partition coefficient (Wildman–Crippen LogP) is 7.01. The molecule has 0 unspecified atom stereocenters. The molecule has 38 heavy (non-hydrogen) atoms. The molecule has 1 fully saturated rings. The Morgan fingerprint density at radius 2 is 1.61 bits per heavy atom. The number of carbonyl (C=O) groups excluding carboxylic acids is 3. The first-order valence-electron chi connectivity index (χ1n) is 13.0. The molecule has 0 saturated carbocycles. The lowest BCUT2D eigenvalue weighted by Gasteiger charge is -2.18. The number of nitrogens with one attached hydrogen (secondary N) is 1. The van der Waals surface area contributed by atoms with Crippen LogP contribution in [0.3, 0.4) is 0 Å². The number of benzene rings is 3. The maximum absolute atomic E-state index is 13.0. The lowest BCUT2D eigenvalue weighted by atomic mass is 9.82. The number of rotatable bonds is 6. The number of ether oxygens (including phenoxy) is 1. The van der Waals surface area contributed by atoms with E-state index in [1.54, 1.807) is 36.4 Å². The highest BCUT2D eigenvalue weighted by Crippen LogP contribution is 2.40. The summed E-state index contributed by atoms with van der Waals surface area (Å²) in [5.41, 5.74) is 4.99. The summed E-state index contributed by atoms with van der Waals surface area (Å²) in [6, 6.07) is 20.0. The fraction of sp³-hybridized carbons (Fsp3) is 0.281. The smallest absolute Gasteiger partial charge is 0.255 e. The maximum Gasteiger partial charge on any atom is 0.255 e. The molecule has 0 aromatic heterocycles. The number of amides is 3. The van der Waals surface area contributed by atoms with Gasteiger partial charge in [0.05, 0.1) is 17.5 Å². The molecule has 0 spiro atoms. The minimum Gasteiger partial charge on any atom is -0.457 e. The van der Waals surface area contributed by atoms with Gasteiger partial charge in [-0.25, -0.2) is 0 Å². The van der Waals surface area contributed by atoms with Gasteiger partial charge < -0.3 is 10.1 Å². The predicted molar refractivity (Wildman–Crippen MR) is 149 cm³/mol.